The number of amides is 1. The summed E-state index contributed by atoms with van der Waals surface area (Å²) in [5.41, 5.74) is 0.695. The Morgan fingerprint density at radius 2 is 2.05 bits per heavy atom. The molecule has 5 nitrogen and oxygen atoms in total. The van der Waals surface area contributed by atoms with E-state index in [1.54, 1.807) is 12.1 Å². The third-order valence-corrected chi connectivity index (χ3v) is 3.40. The van der Waals surface area contributed by atoms with Crippen molar-refractivity contribution >= 4 is 32.6 Å². The SMILES string of the molecule is C[Si](C)OC(c1cc(Cl)nc(NC(=O)O)c1)C(C)(C)C. The van der Waals surface area contributed by atoms with Crippen molar-refractivity contribution in [3.8, 4) is 0 Å². The Morgan fingerprint density at radius 3 is 2.50 bits per heavy atom. The molecule has 111 valence electrons. The maximum Gasteiger partial charge on any atom is 0.410 e. The van der Waals surface area contributed by atoms with Crippen molar-refractivity contribution in [1.29, 1.82) is 0 Å². The number of nitrogens with zero attached hydrogens (tertiary/aromatic N) is 1. The Balaban J connectivity index is 3.19. The number of carboxylic acid groups (broad SMARTS) is 1. The van der Waals surface area contributed by atoms with E-state index < -0.39 is 15.1 Å². The highest BCUT2D eigenvalue weighted by molar-refractivity contribution is 6.48. The Kier molecular flexibility index (Phi) is 5.56. The van der Waals surface area contributed by atoms with Crippen LogP contribution in [-0.2, 0) is 4.43 Å². The van der Waals surface area contributed by atoms with E-state index in [0.29, 0.717) is 0 Å². The summed E-state index contributed by atoms with van der Waals surface area (Å²) in [6, 6.07) is 3.38. The molecule has 0 saturated heterocycles. The Bertz CT molecular complexity index is 489. The van der Waals surface area contributed by atoms with Crippen molar-refractivity contribution in [3.05, 3.63) is 22.8 Å². The normalized spacial score (nSPS) is 13.3. The number of rotatable bonds is 4. The second kappa shape index (κ2) is 6.56. The van der Waals surface area contributed by atoms with E-state index in [2.05, 4.69) is 44.2 Å². The lowest BCUT2D eigenvalue weighted by molar-refractivity contribution is 0.0866. The number of anilines is 1. The summed E-state index contributed by atoms with van der Waals surface area (Å²) >= 11 is 5.97. The van der Waals surface area contributed by atoms with Crippen LogP contribution in [0.15, 0.2) is 12.1 Å². The third-order valence-electron chi connectivity index (χ3n) is 2.49. The molecule has 20 heavy (non-hydrogen) atoms. The van der Waals surface area contributed by atoms with Crippen LogP contribution in [0, 0.1) is 5.41 Å². The van der Waals surface area contributed by atoms with Crippen molar-refractivity contribution < 1.29 is 14.3 Å². The van der Waals surface area contributed by atoms with Crippen molar-refractivity contribution in [2.45, 2.75) is 40.0 Å². The molecule has 0 bridgehead atoms. The summed E-state index contributed by atoms with van der Waals surface area (Å²) in [5, 5.41) is 11.2. The largest absolute Gasteiger partial charge is 0.465 e. The molecule has 0 fully saturated rings. The number of aromatic nitrogens is 1. The van der Waals surface area contributed by atoms with Gasteiger partial charge in [-0.1, -0.05) is 32.4 Å². The smallest absolute Gasteiger partial charge is 0.410 e. The second-order valence-corrected chi connectivity index (χ2v) is 8.25. The quantitative estimate of drug-likeness (QED) is 0.646. The lowest BCUT2D eigenvalue weighted by atomic mass is 9.85. The van der Waals surface area contributed by atoms with Gasteiger partial charge in [0.2, 0.25) is 9.04 Å². The van der Waals surface area contributed by atoms with Crippen LogP contribution in [0.3, 0.4) is 0 Å². The van der Waals surface area contributed by atoms with Gasteiger partial charge in [-0.15, -0.1) is 0 Å². The van der Waals surface area contributed by atoms with Crippen LogP contribution in [0.5, 0.6) is 0 Å². The molecule has 1 heterocycles. The first-order chi connectivity index (χ1) is 9.09. The van der Waals surface area contributed by atoms with Gasteiger partial charge in [-0.2, -0.15) is 0 Å². The Hall–Kier alpha value is -1.11. The molecule has 0 aromatic carbocycles. The molecule has 1 unspecified atom stereocenters. The lowest BCUT2D eigenvalue weighted by Gasteiger charge is -2.33. The van der Waals surface area contributed by atoms with Gasteiger partial charge in [-0.05, 0) is 36.2 Å². The minimum Gasteiger partial charge on any atom is -0.465 e. The van der Waals surface area contributed by atoms with Crippen LogP contribution in [0.2, 0.25) is 18.2 Å². The Morgan fingerprint density at radius 1 is 1.45 bits per heavy atom. The van der Waals surface area contributed by atoms with E-state index in [4.69, 9.17) is 21.1 Å². The summed E-state index contributed by atoms with van der Waals surface area (Å²) in [5.74, 6) is 0.207. The number of hydrogen-bond acceptors (Lipinski definition) is 3. The van der Waals surface area contributed by atoms with Gasteiger partial charge >= 0.3 is 6.09 Å². The van der Waals surface area contributed by atoms with E-state index in [0.717, 1.165) is 5.56 Å². The van der Waals surface area contributed by atoms with Crippen LogP contribution in [0.25, 0.3) is 0 Å². The number of halogens is 1. The fourth-order valence-corrected chi connectivity index (χ4v) is 3.00. The molecule has 0 saturated carbocycles. The predicted octanol–water partition coefficient (Wildman–Crippen LogP) is 4.18. The lowest BCUT2D eigenvalue weighted by Crippen LogP contribution is -2.26. The zero-order valence-electron chi connectivity index (χ0n) is 12.3. The van der Waals surface area contributed by atoms with E-state index in [1.807, 2.05) is 0 Å². The van der Waals surface area contributed by atoms with Gasteiger partial charge in [0.25, 0.3) is 0 Å². The van der Waals surface area contributed by atoms with Gasteiger partial charge in [-0.25, -0.2) is 9.78 Å². The highest BCUT2D eigenvalue weighted by Crippen LogP contribution is 2.38. The van der Waals surface area contributed by atoms with Crippen molar-refractivity contribution in [2.75, 3.05) is 5.32 Å². The molecule has 0 spiro atoms. The van der Waals surface area contributed by atoms with Gasteiger partial charge in [0.15, 0.2) is 0 Å². The molecule has 0 aliphatic heterocycles. The second-order valence-electron chi connectivity index (χ2n) is 5.81. The van der Waals surface area contributed by atoms with E-state index >= 15 is 0 Å². The topological polar surface area (TPSA) is 71.5 Å². The Labute approximate surface area is 126 Å². The van der Waals surface area contributed by atoms with E-state index in [-0.39, 0.29) is 22.5 Å². The van der Waals surface area contributed by atoms with Crippen molar-refractivity contribution in [3.63, 3.8) is 0 Å². The fraction of sp³-hybridized carbons (Fsp3) is 0.538. The molecule has 0 aliphatic rings. The number of carbonyl (C=O) groups is 1. The summed E-state index contributed by atoms with van der Waals surface area (Å²) in [6.07, 6.45) is -1.34. The first-order valence-electron chi connectivity index (χ1n) is 6.24. The molecular formula is C13H20ClN2O3Si. The first-order valence-corrected chi connectivity index (χ1v) is 9.02. The summed E-state index contributed by atoms with van der Waals surface area (Å²) < 4.78 is 6.06. The maximum atomic E-state index is 10.7. The first kappa shape index (κ1) is 16.9. The van der Waals surface area contributed by atoms with Gasteiger partial charge in [0, 0.05) is 0 Å². The zero-order chi connectivity index (χ0) is 15.5. The molecule has 1 amide bonds. The molecule has 7 heteroatoms. The monoisotopic (exact) mass is 315 g/mol. The summed E-state index contributed by atoms with van der Waals surface area (Å²) in [7, 11) is -0.911. The summed E-state index contributed by atoms with van der Waals surface area (Å²) in [4.78, 5) is 14.7. The number of nitrogens with one attached hydrogen (secondary N) is 1. The van der Waals surface area contributed by atoms with Gasteiger partial charge in [0.1, 0.15) is 11.0 Å². The minimum atomic E-state index is -1.17. The number of hydrogen-bond donors (Lipinski definition) is 2. The van der Waals surface area contributed by atoms with Crippen LogP contribution in [0.1, 0.15) is 32.4 Å². The van der Waals surface area contributed by atoms with E-state index in [1.165, 1.54) is 0 Å². The van der Waals surface area contributed by atoms with Crippen LogP contribution in [0.4, 0.5) is 10.6 Å². The standard InChI is InChI=1S/C13H20ClN2O3Si/c1-13(2,3)11(19-20(4)5)8-6-9(14)15-10(7-8)16-12(17)18/h6-7,11H,1-5H3,(H,15,16)(H,17,18). The van der Waals surface area contributed by atoms with Crippen molar-refractivity contribution in [2.24, 2.45) is 5.41 Å². The average Bonchev–Trinajstić information content (AvgIpc) is 2.22. The summed E-state index contributed by atoms with van der Waals surface area (Å²) in [6.45, 7) is 10.3. The average molecular weight is 316 g/mol. The van der Waals surface area contributed by atoms with Crippen LogP contribution in [-0.4, -0.2) is 25.2 Å². The maximum absolute atomic E-state index is 10.7. The van der Waals surface area contributed by atoms with Gasteiger partial charge < -0.3 is 9.53 Å². The molecule has 2 N–H and O–H groups in total. The predicted molar refractivity (Wildman–Crippen MR) is 81.7 cm³/mol. The highest BCUT2D eigenvalue weighted by atomic mass is 35.5. The third kappa shape index (κ3) is 5.11. The van der Waals surface area contributed by atoms with E-state index in [9.17, 15) is 4.79 Å². The molecule has 1 radical (unpaired) electrons. The van der Waals surface area contributed by atoms with Gasteiger partial charge in [0.05, 0.1) is 6.10 Å². The molecule has 1 aromatic rings. The molecule has 1 aromatic heterocycles. The zero-order valence-corrected chi connectivity index (χ0v) is 14.1. The molecule has 1 atom stereocenters. The number of pyridine rings is 1. The molecular weight excluding hydrogens is 296 g/mol. The highest BCUT2D eigenvalue weighted by Gasteiger charge is 2.29. The van der Waals surface area contributed by atoms with Crippen molar-refractivity contribution in [1.82, 2.24) is 4.98 Å². The van der Waals surface area contributed by atoms with Crippen LogP contribution < -0.4 is 5.32 Å². The minimum absolute atomic E-state index is 0.132. The van der Waals surface area contributed by atoms with Gasteiger partial charge in [-0.3, -0.25) is 5.32 Å². The molecule has 1 rings (SSSR count). The molecule has 0 aliphatic carbocycles. The van der Waals surface area contributed by atoms with Crippen LogP contribution >= 0.6 is 11.6 Å². The fourth-order valence-electron chi connectivity index (χ4n) is 1.82.